The molecule has 0 fully saturated rings. The summed E-state index contributed by atoms with van der Waals surface area (Å²) in [6.45, 7) is 9.98. The van der Waals surface area contributed by atoms with Crippen LogP contribution in [0.3, 0.4) is 0 Å². The number of aromatic nitrogens is 2. The van der Waals surface area contributed by atoms with Crippen molar-refractivity contribution in [1.82, 2.24) is 9.97 Å². The summed E-state index contributed by atoms with van der Waals surface area (Å²) >= 11 is 0. The number of hydrogen-bond donors (Lipinski definition) is 1. The summed E-state index contributed by atoms with van der Waals surface area (Å²) in [4.78, 5) is 21.5. The number of rotatable bonds is 9. The number of nitrogens with one attached hydrogen (secondary N) is 1. The molecule has 0 spiro atoms. The third-order valence-corrected chi connectivity index (χ3v) is 3.22. The number of hydrogen-bond acceptors (Lipinski definition) is 6. The Morgan fingerprint density at radius 1 is 1.24 bits per heavy atom. The average Bonchev–Trinajstić information content (AvgIpc) is 2.45. The lowest BCUT2D eigenvalue weighted by Gasteiger charge is -2.22. The standard InChI is InChI=1S/C14H25N5O2/c1-5-8-10-18(7-3)13-12(19(20)21)11(4)16-14(17-13)15-9-6-2/h5-10H2,1-4H3,(H,15,16,17). The second kappa shape index (κ2) is 8.39. The molecule has 0 saturated heterocycles. The Bertz CT molecular complexity index is 479. The molecule has 1 aromatic rings. The van der Waals surface area contributed by atoms with Gasteiger partial charge in [0, 0.05) is 19.6 Å². The number of anilines is 2. The molecule has 0 unspecified atom stereocenters. The predicted molar refractivity (Wildman–Crippen MR) is 85.0 cm³/mol. The molecule has 0 aliphatic rings. The Morgan fingerprint density at radius 2 is 1.95 bits per heavy atom. The molecule has 7 nitrogen and oxygen atoms in total. The highest BCUT2D eigenvalue weighted by atomic mass is 16.6. The first-order valence-electron chi connectivity index (χ1n) is 7.56. The van der Waals surface area contributed by atoms with Gasteiger partial charge in [-0.15, -0.1) is 0 Å². The van der Waals surface area contributed by atoms with Crippen molar-refractivity contribution in [3.8, 4) is 0 Å². The summed E-state index contributed by atoms with van der Waals surface area (Å²) in [5, 5.41) is 14.4. The van der Waals surface area contributed by atoms with Gasteiger partial charge in [-0.3, -0.25) is 10.1 Å². The van der Waals surface area contributed by atoms with Crippen LogP contribution in [0.4, 0.5) is 17.5 Å². The van der Waals surface area contributed by atoms with Crippen LogP contribution in [0, 0.1) is 17.0 Å². The van der Waals surface area contributed by atoms with Crippen LogP contribution in [0.25, 0.3) is 0 Å². The van der Waals surface area contributed by atoms with Crippen LogP contribution in [0.5, 0.6) is 0 Å². The molecule has 21 heavy (non-hydrogen) atoms. The Hall–Kier alpha value is -1.92. The molecule has 118 valence electrons. The molecule has 0 bridgehead atoms. The zero-order valence-electron chi connectivity index (χ0n) is 13.3. The molecule has 7 heteroatoms. The fourth-order valence-corrected chi connectivity index (χ4v) is 2.06. The maximum Gasteiger partial charge on any atom is 0.332 e. The van der Waals surface area contributed by atoms with E-state index in [0.717, 1.165) is 32.4 Å². The van der Waals surface area contributed by atoms with Gasteiger partial charge in [-0.2, -0.15) is 4.98 Å². The van der Waals surface area contributed by atoms with Gasteiger partial charge in [-0.25, -0.2) is 4.98 Å². The average molecular weight is 295 g/mol. The van der Waals surface area contributed by atoms with E-state index in [1.807, 2.05) is 18.7 Å². The van der Waals surface area contributed by atoms with Gasteiger partial charge in [0.2, 0.25) is 11.8 Å². The zero-order valence-corrected chi connectivity index (χ0v) is 13.3. The zero-order chi connectivity index (χ0) is 15.8. The highest BCUT2D eigenvalue weighted by molar-refractivity contribution is 5.62. The van der Waals surface area contributed by atoms with Gasteiger partial charge in [0.25, 0.3) is 0 Å². The molecular weight excluding hydrogens is 270 g/mol. The second-order valence-electron chi connectivity index (χ2n) is 4.92. The minimum Gasteiger partial charge on any atom is -0.354 e. The highest BCUT2D eigenvalue weighted by Crippen LogP contribution is 2.30. The minimum absolute atomic E-state index is 0.00926. The summed E-state index contributed by atoms with van der Waals surface area (Å²) in [6, 6.07) is 0. The van der Waals surface area contributed by atoms with Crippen molar-refractivity contribution in [3.63, 3.8) is 0 Å². The molecule has 0 radical (unpaired) electrons. The molecule has 1 aromatic heterocycles. The van der Waals surface area contributed by atoms with E-state index >= 15 is 0 Å². The summed E-state index contributed by atoms with van der Waals surface area (Å²) < 4.78 is 0. The lowest BCUT2D eigenvalue weighted by atomic mass is 10.2. The molecule has 0 atom stereocenters. The van der Waals surface area contributed by atoms with Crippen LogP contribution in [0.15, 0.2) is 0 Å². The maximum absolute atomic E-state index is 11.3. The normalized spacial score (nSPS) is 10.5. The van der Waals surface area contributed by atoms with Crippen molar-refractivity contribution in [2.75, 3.05) is 29.9 Å². The Morgan fingerprint density at radius 3 is 2.48 bits per heavy atom. The molecule has 0 aliphatic carbocycles. The van der Waals surface area contributed by atoms with E-state index in [2.05, 4.69) is 22.2 Å². The van der Waals surface area contributed by atoms with Crippen molar-refractivity contribution < 1.29 is 4.92 Å². The minimum atomic E-state index is -0.386. The summed E-state index contributed by atoms with van der Waals surface area (Å²) in [7, 11) is 0. The van der Waals surface area contributed by atoms with Gasteiger partial charge in [0.05, 0.1) is 4.92 Å². The second-order valence-corrected chi connectivity index (χ2v) is 4.92. The molecule has 0 saturated carbocycles. The van der Waals surface area contributed by atoms with Crippen LogP contribution >= 0.6 is 0 Å². The molecule has 0 aliphatic heterocycles. The van der Waals surface area contributed by atoms with Crippen LogP contribution in [0.2, 0.25) is 0 Å². The number of nitrogens with zero attached hydrogens (tertiary/aromatic N) is 4. The maximum atomic E-state index is 11.3. The van der Waals surface area contributed by atoms with Crippen LogP contribution < -0.4 is 10.2 Å². The summed E-state index contributed by atoms with van der Waals surface area (Å²) in [6.07, 6.45) is 2.96. The van der Waals surface area contributed by atoms with E-state index in [0.29, 0.717) is 24.0 Å². The van der Waals surface area contributed by atoms with Crippen LogP contribution in [-0.4, -0.2) is 34.5 Å². The van der Waals surface area contributed by atoms with Crippen molar-refractivity contribution >= 4 is 17.5 Å². The first-order valence-corrected chi connectivity index (χ1v) is 7.56. The lowest BCUT2D eigenvalue weighted by molar-refractivity contribution is -0.385. The first kappa shape index (κ1) is 17.1. The fourth-order valence-electron chi connectivity index (χ4n) is 2.06. The molecule has 1 rings (SSSR count). The third-order valence-electron chi connectivity index (χ3n) is 3.22. The predicted octanol–water partition coefficient (Wildman–Crippen LogP) is 3.14. The monoisotopic (exact) mass is 295 g/mol. The molecule has 1 N–H and O–H groups in total. The van der Waals surface area contributed by atoms with E-state index in [-0.39, 0.29) is 10.6 Å². The van der Waals surface area contributed by atoms with Crippen molar-refractivity contribution in [3.05, 3.63) is 15.8 Å². The first-order chi connectivity index (χ1) is 10.0. The smallest absolute Gasteiger partial charge is 0.332 e. The molecule has 0 amide bonds. The lowest BCUT2D eigenvalue weighted by Crippen LogP contribution is -2.27. The van der Waals surface area contributed by atoms with Gasteiger partial charge < -0.3 is 10.2 Å². The molecule has 0 aromatic carbocycles. The van der Waals surface area contributed by atoms with Gasteiger partial charge in [0.1, 0.15) is 5.69 Å². The van der Waals surface area contributed by atoms with E-state index in [9.17, 15) is 10.1 Å². The molecular formula is C14H25N5O2. The number of aryl methyl sites for hydroxylation is 1. The van der Waals surface area contributed by atoms with Gasteiger partial charge >= 0.3 is 5.69 Å². The van der Waals surface area contributed by atoms with Crippen molar-refractivity contribution in [2.45, 2.75) is 47.0 Å². The quantitative estimate of drug-likeness (QED) is 0.556. The largest absolute Gasteiger partial charge is 0.354 e. The summed E-state index contributed by atoms with van der Waals surface area (Å²) in [5.74, 6) is 0.881. The van der Waals surface area contributed by atoms with E-state index in [1.165, 1.54) is 0 Å². The van der Waals surface area contributed by atoms with E-state index < -0.39 is 0 Å². The highest BCUT2D eigenvalue weighted by Gasteiger charge is 2.25. The van der Waals surface area contributed by atoms with Crippen molar-refractivity contribution in [2.24, 2.45) is 0 Å². The van der Waals surface area contributed by atoms with Gasteiger partial charge in [-0.1, -0.05) is 20.3 Å². The Balaban J connectivity index is 3.21. The fraction of sp³-hybridized carbons (Fsp3) is 0.714. The van der Waals surface area contributed by atoms with E-state index in [1.54, 1.807) is 6.92 Å². The van der Waals surface area contributed by atoms with Gasteiger partial charge in [0.15, 0.2) is 0 Å². The Kier molecular flexibility index (Phi) is 6.84. The van der Waals surface area contributed by atoms with E-state index in [4.69, 9.17) is 0 Å². The topological polar surface area (TPSA) is 84.2 Å². The number of unbranched alkanes of at least 4 members (excludes halogenated alkanes) is 1. The third kappa shape index (κ3) is 4.54. The molecule has 1 heterocycles. The number of nitro groups is 1. The van der Waals surface area contributed by atoms with Crippen molar-refractivity contribution in [1.29, 1.82) is 0 Å². The Labute approximate surface area is 125 Å². The van der Waals surface area contributed by atoms with Crippen LogP contribution in [-0.2, 0) is 0 Å². The van der Waals surface area contributed by atoms with Gasteiger partial charge in [-0.05, 0) is 26.7 Å². The summed E-state index contributed by atoms with van der Waals surface area (Å²) in [5.41, 5.74) is 0.411. The SMILES string of the molecule is CCCCN(CC)c1nc(NCCC)nc(C)c1[N+](=O)[O-]. The van der Waals surface area contributed by atoms with Crippen LogP contribution in [0.1, 0.15) is 45.7 Å².